The van der Waals surface area contributed by atoms with Gasteiger partial charge >= 0.3 is 0 Å². The number of benzene rings is 4. The van der Waals surface area contributed by atoms with Crippen LogP contribution >= 0.6 is 0 Å². The molecule has 4 aromatic rings. The Morgan fingerprint density at radius 3 is 2.17 bits per heavy atom. The minimum Gasteiger partial charge on any atom is -0.369 e. The summed E-state index contributed by atoms with van der Waals surface area (Å²) in [6.45, 7) is 3.33. The first kappa shape index (κ1) is 24.7. The van der Waals surface area contributed by atoms with E-state index in [1.54, 1.807) is 0 Å². The second-order valence-corrected chi connectivity index (χ2v) is 11.2. The maximum absolute atomic E-state index is 2.64. The van der Waals surface area contributed by atoms with Gasteiger partial charge in [-0.2, -0.15) is 0 Å². The van der Waals surface area contributed by atoms with Gasteiger partial charge in [0, 0.05) is 47.2 Å². The number of para-hydroxylation sites is 1. The summed E-state index contributed by atoms with van der Waals surface area (Å²) in [4.78, 5) is 5.10. The highest BCUT2D eigenvalue weighted by atomic mass is 15.2. The van der Waals surface area contributed by atoms with Gasteiger partial charge in [-0.25, -0.2) is 0 Å². The van der Waals surface area contributed by atoms with E-state index in [-0.39, 0.29) is 0 Å². The highest BCUT2D eigenvalue weighted by molar-refractivity contribution is 5.87. The Hall–Kier alpha value is -4.30. The van der Waals surface area contributed by atoms with Crippen molar-refractivity contribution < 1.29 is 0 Å². The predicted molar refractivity (Wildman–Crippen MR) is 169 cm³/mol. The van der Waals surface area contributed by atoms with Crippen molar-refractivity contribution in [3.05, 3.63) is 143 Å². The van der Waals surface area contributed by atoms with Crippen LogP contribution in [0.4, 0.5) is 11.4 Å². The summed E-state index contributed by atoms with van der Waals surface area (Å²) in [6, 6.07) is 35.6. The van der Waals surface area contributed by atoms with Crippen molar-refractivity contribution in [2.45, 2.75) is 32.2 Å². The van der Waals surface area contributed by atoms with Gasteiger partial charge in [0.05, 0.1) is 0 Å². The molecule has 0 spiro atoms. The number of allylic oxidation sites excluding steroid dienone is 4. The molecule has 2 heteroatoms. The van der Waals surface area contributed by atoms with Crippen LogP contribution in [0.3, 0.4) is 0 Å². The SMILES string of the molecule is CCN(C1=CC2C=c3ccccc3=CC2C=C1)C1CC=C(N(c2ccccc2)c2ccc3ccccc3c2)CC1. The molecule has 198 valence electrons. The number of hydrogen-bond donors (Lipinski definition) is 0. The average molecular weight is 521 g/mol. The zero-order valence-electron chi connectivity index (χ0n) is 23.2. The van der Waals surface area contributed by atoms with Crippen LogP contribution in [0.2, 0.25) is 0 Å². The highest BCUT2D eigenvalue weighted by Crippen LogP contribution is 2.38. The number of anilines is 2. The lowest BCUT2D eigenvalue weighted by Crippen LogP contribution is -2.38. The Morgan fingerprint density at radius 2 is 1.43 bits per heavy atom. The zero-order chi connectivity index (χ0) is 26.9. The fraction of sp³-hybridized carbons (Fsp3) is 0.211. The highest BCUT2D eigenvalue weighted by Gasteiger charge is 2.27. The van der Waals surface area contributed by atoms with Gasteiger partial charge in [-0.05, 0) is 77.7 Å². The largest absolute Gasteiger partial charge is 0.369 e. The van der Waals surface area contributed by atoms with Gasteiger partial charge in [0.2, 0.25) is 0 Å². The molecule has 0 N–H and O–H groups in total. The number of fused-ring (bicyclic) bond motifs is 3. The molecule has 7 rings (SSSR count). The summed E-state index contributed by atoms with van der Waals surface area (Å²) >= 11 is 0. The number of hydrogen-bond acceptors (Lipinski definition) is 2. The molecular weight excluding hydrogens is 484 g/mol. The van der Waals surface area contributed by atoms with Crippen molar-refractivity contribution in [1.29, 1.82) is 0 Å². The van der Waals surface area contributed by atoms with Crippen molar-refractivity contribution in [2.24, 2.45) is 11.8 Å². The molecule has 3 unspecified atom stereocenters. The van der Waals surface area contributed by atoms with E-state index >= 15 is 0 Å². The fourth-order valence-corrected chi connectivity index (χ4v) is 6.77. The van der Waals surface area contributed by atoms with Crippen LogP contribution in [0, 0.1) is 11.8 Å². The maximum atomic E-state index is 2.64. The standard InChI is InChI=1S/C38H36N2/c1-2-39(37-18-17-32-24-29-11-8-9-12-30(29)25-33(32)27-37)34-20-22-36(23-21-34)40(35-14-4-3-5-15-35)38-19-16-28-10-6-7-13-31(28)26-38/h3-19,22,24-27,32-34H,2,20-21,23H2,1H3. The smallest absolute Gasteiger partial charge is 0.0464 e. The van der Waals surface area contributed by atoms with Crippen LogP contribution in [0.1, 0.15) is 26.2 Å². The first-order valence-corrected chi connectivity index (χ1v) is 14.8. The lowest BCUT2D eigenvalue weighted by atomic mass is 9.82. The molecule has 0 heterocycles. The van der Waals surface area contributed by atoms with Crippen LogP contribution in [0.25, 0.3) is 22.9 Å². The monoisotopic (exact) mass is 520 g/mol. The molecule has 0 radical (unpaired) electrons. The second kappa shape index (κ2) is 10.7. The van der Waals surface area contributed by atoms with E-state index in [1.807, 2.05) is 0 Å². The van der Waals surface area contributed by atoms with Crippen LogP contribution < -0.4 is 15.3 Å². The first-order valence-electron chi connectivity index (χ1n) is 14.8. The molecule has 0 fully saturated rings. The van der Waals surface area contributed by atoms with Crippen molar-refractivity contribution in [1.82, 2.24) is 4.90 Å². The van der Waals surface area contributed by atoms with Crippen molar-refractivity contribution in [2.75, 3.05) is 11.4 Å². The van der Waals surface area contributed by atoms with E-state index in [1.165, 1.54) is 44.0 Å². The van der Waals surface area contributed by atoms with Gasteiger partial charge < -0.3 is 9.80 Å². The molecule has 0 aromatic heterocycles. The van der Waals surface area contributed by atoms with E-state index in [0.29, 0.717) is 17.9 Å². The zero-order valence-corrected chi connectivity index (χ0v) is 23.2. The summed E-state index contributed by atoms with van der Waals surface area (Å²) in [5, 5.41) is 5.28. The molecule has 3 aliphatic rings. The summed E-state index contributed by atoms with van der Waals surface area (Å²) in [7, 11) is 0. The van der Waals surface area contributed by atoms with E-state index in [4.69, 9.17) is 0 Å². The third-order valence-electron chi connectivity index (χ3n) is 8.80. The Morgan fingerprint density at radius 1 is 0.700 bits per heavy atom. The van der Waals surface area contributed by atoms with Crippen LogP contribution in [-0.2, 0) is 0 Å². The molecule has 0 saturated heterocycles. The number of nitrogens with zero attached hydrogens (tertiary/aromatic N) is 2. The first-order chi connectivity index (χ1) is 19.8. The predicted octanol–water partition coefficient (Wildman–Crippen LogP) is 7.70. The molecule has 2 nitrogen and oxygen atoms in total. The van der Waals surface area contributed by atoms with Gasteiger partial charge in [0.25, 0.3) is 0 Å². The topological polar surface area (TPSA) is 6.48 Å². The van der Waals surface area contributed by atoms with E-state index in [2.05, 4.69) is 150 Å². The van der Waals surface area contributed by atoms with Gasteiger partial charge in [-0.1, -0.05) is 103 Å². The summed E-state index contributed by atoms with van der Waals surface area (Å²) in [6.07, 6.45) is 17.9. The van der Waals surface area contributed by atoms with E-state index in [9.17, 15) is 0 Å². The van der Waals surface area contributed by atoms with Crippen molar-refractivity contribution >= 4 is 34.3 Å². The molecule has 0 saturated carbocycles. The summed E-state index contributed by atoms with van der Waals surface area (Å²) in [5.74, 6) is 0.886. The molecule has 0 amide bonds. The molecular formula is C38H36N2. The van der Waals surface area contributed by atoms with E-state index in [0.717, 1.165) is 25.8 Å². The maximum Gasteiger partial charge on any atom is 0.0464 e. The average Bonchev–Trinajstić information content (AvgIpc) is 3.02. The second-order valence-electron chi connectivity index (χ2n) is 11.2. The molecule has 4 aromatic carbocycles. The van der Waals surface area contributed by atoms with Crippen molar-refractivity contribution in [3.63, 3.8) is 0 Å². The molecule has 0 aliphatic heterocycles. The Labute approximate surface area is 237 Å². The molecule has 3 aliphatic carbocycles. The quantitative estimate of drug-likeness (QED) is 0.257. The number of rotatable bonds is 6. The lowest BCUT2D eigenvalue weighted by molar-refractivity contribution is 0.249. The number of likely N-dealkylation sites (N-methyl/N-ethyl adjacent to an activating group) is 1. The van der Waals surface area contributed by atoms with Gasteiger partial charge in [0.15, 0.2) is 0 Å². The van der Waals surface area contributed by atoms with Gasteiger partial charge in [-0.15, -0.1) is 0 Å². The van der Waals surface area contributed by atoms with Crippen LogP contribution in [0.15, 0.2) is 133 Å². The van der Waals surface area contributed by atoms with E-state index < -0.39 is 0 Å². The minimum atomic E-state index is 0.431. The molecule has 40 heavy (non-hydrogen) atoms. The summed E-state index contributed by atoms with van der Waals surface area (Å²) < 4.78 is 0. The third-order valence-corrected chi connectivity index (χ3v) is 8.80. The minimum absolute atomic E-state index is 0.431. The Balaban J connectivity index is 1.16. The normalized spacial score (nSPS) is 21.3. The third kappa shape index (κ3) is 4.69. The van der Waals surface area contributed by atoms with Gasteiger partial charge in [-0.3, -0.25) is 0 Å². The van der Waals surface area contributed by atoms with Crippen LogP contribution in [0.5, 0.6) is 0 Å². The molecule has 3 atom stereocenters. The fourth-order valence-electron chi connectivity index (χ4n) is 6.77. The van der Waals surface area contributed by atoms with Crippen molar-refractivity contribution in [3.8, 4) is 0 Å². The summed E-state index contributed by atoms with van der Waals surface area (Å²) in [5.41, 5.74) is 5.23. The van der Waals surface area contributed by atoms with Gasteiger partial charge in [0.1, 0.15) is 0 Å². The Kier molecular flexibility index (Phi) is 6.61. The van der Waals surface area contributed by atoms with Crippen LogP contribution in [-0.4, -0.2) is 17.5 Å². The lowest BCUT2D eigenvalue weighted by Gasteiger charge is -2.39. The Bertz CT molecular complexity index is 1740. The molecule has 0 bridgehead atoms.